The summed E-state index contributed by atoms with van der Waals surface area (Å²) in [6.45, 7) is 1.75. The fourth-order valence-electron chi connectivity index (χ4n) is 1.57. The number of carbonyl (C=O) groups is 2. The van der Waals surface area contributed by atoms with Crippen LogP contribution >= 0.6 is 0 Å². The van der Waals surface area contributed by atoms with Crippen LogP contribution in [0.15, 0.2) is 18.2 Å². The van der Waals surface area contributed by atoms with Gasteiger partial charge in [0.2, 0.25) is 0 Å². The van der Waals surface area contributed by atoms with E-state index in [1.54, 1.807) is 25.1 Å². The van der Waals surface area contributed by atoms with Crippen LogP contribution in [-0.4, -0.2) is 30.1 Å². The third-order valence-corrected chi connectivity index (χ3v) is 2.67. The van der Waals surface area contributed by atoms with E-state index in [4.69, 9.17) is 15.6 Å². The smallest absolute Gasteiger partial charge is 0.303 e. The van der Waals surface area contributed by atoms with E-state index in [1.807, 2.05) is 0 Å². The van der Waals surface area contributed by atoms with E-state index in [0.717, 1.165) is 0 Å². The van der Waals surface area contributed by atoms with Gasteiger partial charge < -0.3 is 20.9 Å². The van der Waals surface area contributed by atoms with Gasteiger partial charge >= 0.3 is 5.97 Å². The summed E-state index contributed by atoms with van der Waals surface area (Å²) in [5, 5.41) is 11.3. The molecule has 4 N–H and O–H groups in total. The Labute approximate surface area is 111 Å². The summed E-state index contributed by atoms with van der Waals surface area (Å²) in [4.78, 5) is 22.4. The molecule has 0 bridgehead atoms. The summed E-state index contributed by atoms with van der Waals surface area (Å²) >= 11 is 0. The Bertz CT molecular complexity index is 474. The Hall–Kier alpha value is -2.24. The second-order valence-corrected chi connectivity index (χ2v) is 4.26. The van der Waals surface area contributed by atoms with Crippen LogP contribution in [0.5, 0.6) is 5.75 Å². The minimum Gasteiger partial charge on any atom is -0.497 e. The number of nitrogens with one attached hydrogen (secondary N) is 1. The van der Waals surface area contributed by atoms with E-state index in [-0.39, 0.29) is 18.4 Å². The monoisotopic (exact) mass is 266 g/mol. The van der Waals surface area contributed by atoms with E-state index in [2.05, 4.69) is 5.32 Å². The highest BCUT2D eigenvalue weighted by Crippen LogP contribution is 2.19. The average Bonchev–Trinajstić information content (AvgIpc) is 2.36. The molecule has 0 heterocycles. The van der Waals surface area contributed by atoms with Gasteiger partial charge in [0, 0.05) is 18.2 Å². The van der Waals surface area contributed by atoms with Crippen LogP contribution in [0.2, 0.25) is 0 Å². The van der Waals surface area contributed by atoms with Crippen LogP contribution in [0.25, 0.3) is 0 Å². The Morgan fingerprint density at radius 1 is 1.47 bits per heavy atom. The van der Waals surface area contributed by atoms with Gasteiger partial charge in [0.25, 0.3) is 5.91 Å². The maximum atomic E-state index is 12.0. The fraction of sp³-hybridized carbons (Fsp3) is 0.385. The van der Waals surface area contributed by atoms with E-state index >= 15 is 0 Å². The summed E-state index contributed by atoms with van der Waals surface area (Å²) < 4.78 is 5.03. The molecule has 1 amide bonds. The molecule has 6 heteroatoms. The number of benzene rings is 1. The lowest BCUT2D eigenvalue weighted by Crippen LogP contribution is -2.33. The zero-order valence-electron chi connectivity index (χ0n) is 11.0. The largest absolute Gasteiger partial charge is 0.497 e. The molecule has 104 valence electrons. The normalized spacial score (nSPS) is 11.7. The second kappa shape index (κ2) is 6.63. The molecule has 0 aromatic heterocycles. The molecule has 19 heavy (non-hydrogen) atoms. The molecule has 1 aromatic rings. The molecular weight excluding hydrogens is 248 g/mol. The number of carbonyl (C=O) groups excluding carboxylic acids is 1. The van der Waals surface area contributed by atoms with E-state index < -0.39 is 5.97 Å². The SMILES string of the molecule is COc1ccc(N)c(C(=O)NC(C)CCC(=O)O)c1. The molecule has 6 nitrogen and oxygen atoms in total. The number of rotatable bonds is 6. The molecule has 0 fully saturated rings. The third kappa shape index (κ3) is 4.50. The molecule has 0 aliphatic heterocycles. The number of amides is 1. The van der Waals surface area contributed by atoms with Crippen LogP contribution in [0.4, 0.5) is 5.69 Å². The number of anilines is 1. The van der Waals surface area contributed by atoms with Crippen LogP contribution < -0.4 is 15.8 Å². The molecule has 0 aliphatic carbocycles. The van der Waals surface area contributed by atoms with Crippen molar-refractivity contribution in [3.8, 4) is 5.75 Å². The van der Waals surface area contributed by atoms with E-state index in [9.17, 15) is 9.59 Å². The highest BCUT2D eigenvalue weighted by Gasteiger charge is 2.14. The molecule has 0 aliphatic rings. The molecule has 1 unspecified atom stereocenters. The number of aliphatic carboxylic acids is 1. The van der Waals surface area contributed by atoms with Crippen molar-refractivity contribution in [3.63, 3.8) is 0 Å². The van der Waals surface area contributed by atoms with Crippen molar-refractivity contribution in [3.05, 3.63) is 23.8 Å². The second-order valence-electron chi connectivity index (χ2n) is 4.26. The summed E-state index contributed by atoms with van der Waals surface area (Å²) in [6, 6.07) is 4.57. The number of hydrogen-bond acceptors (Lipinski definition) is 4. The molecular formula is C13H18N2O4. The summed E-state index contributed by atoms with van der Waals surface area (Å²) in [6.07, 6.45) is 0.375. The van der Waals surface area contributed by atoms with Crippen LogP contribution in [0.1, 0.15) is 30.1 Å². The highest BCUT2D eigenvalue weighted by atomic mass is 16.5. The van der Waals surface area contributed by atoms with Gasteiger partial charge in [-0.15, -0.1) is 0 Å². The zero-order valence-corrected chi connectivity index (χ0v) is 11.0. The number of carboxylic acid groups (broad SMARTS) is 1. The summed E-state index contributed by atoms with van der Waals surface area (Å²) in [5.74, 6) is -0.686. The van der Waals surface area contributed by atoms with Gasteiger partial charge in [-0.1, -0.05) is 0 Å². The number of hydrogen-bond donors (Lipinski definition) is 3. The molecule has 1 aromatic carbocycles. The number of methoxy groups -OCH3 is 1. The Balaban J connectivity index is 2.69. The number of nitrogens with two attached hydrogens (primary N) is 1. The lowest BCUT2D eigenvalue weighted by atomic mass is 10.1. The van der Waals surface area contributed by atoms with Crippen molar-refractivity contribution in [1.29, 1.82) is 0 Å². The standard InChI is InChI=1S/C13H18N2O4/c1-8(3-6-12(16)17)15-13(18)10-7-9(19-2)4-5-11(10)14/h4-5,7-8H,3,6,14H2,1-2H3,(H,15,18)(H,16,17). The minimum absolute atomic E-state index is 0.00897. The Kier molecular flexibility index (Phi) is 5.17. The topological polar surface area (TPSA) is 102 Å². The van der Waals surface area contributed by atoms with Crippen LogP contribution in [0.3, 0.4) is 0 Å². The van der Waals surface area contributed by atoms with Gasteiger partial charge in [0.1, 0.15) is 5.75 Å². The number of carboxylic acids is 1. The predicted octanol–water partition coefficient (Wildman–Crippen LogP) is 1.26. The maximum absolute atomic E-state index is 12.0. The summed E-state index contributed by atoms with van der Waals surface area (Å²) in [5.41, 5.74) is 6.40. The lowest BCUT2D eigenvalue weighted by molar-refractivity contribution is -0.137. The minimum atomic E-state index is -0.887. The molecule has 1 rings (SSSR count). The summed E-state index contributed by atoms with van der Waals surface area (Å²) in [7, 11) is 1.50. The first-order valence-electron chi connectivity index (χ1n) is 5.90. The first kappa shape index (κ1) is 14.8. The lowest BCUT2D eigenvalue weighted by Gasteiger charge is -2.14. The van der Waals surface area contributed by atoms with Crippen LogP contribution in [0, 0.1) is 0 Å². The van der Waals surface area contributed by atoms with Gasteiger partial charge in [-0.25, -0.2) is 0 Å². The Morgan fingerprint density at radius 3 is 2.74 bits per heavy atom. The maximum Gasteiger partial charge on any atom is 0.303 e. The van der Waals surface area contributed by atoms with Crippen LogP contribution in [-0.2, 0) is 4.79 Å². The zero-order chi connectivity index (χ0) is 14.4. The average molecular weight is 266 g/mol. The number of ether oxygens (including phenoxy) is 1. The highest BCUT2D eigenvalue weighted by molar-refractivity contribution is 5.99. The molecule has 0 saturated carbocycles. The third-order valence-electron chi connectivity index (χ3n) is 2.67. The first-order chi connectivity index (χ1) is 8.93. The number of nitrogen functional groups attached to an aromatic ring is 1. The van der Waals surface area contributed by atoms with Crippen molar-refractivity contribution in [2.24, 2.45) is 0 Å². The van der Waals surface area contributed by atoms with Gasteiger partial charge in [0.05, 0.1) is 12.7 Å². The van der Waals surface area contributed by atoms with Crippen molar-refractivity contribution in [2.75, 3.05) is 12.8 Å². The quantitative estimate of drug-likeness (QED) is 0.673. The van der Waals surface area contributed by atoms with Crippen molar-refractivity contribution in [2.45, 2.75) is 25.8 Å². The van der Waals surface area contributed by atoms with E-state index in [0.29, 0.717) is 23.4 Å². The van der Waals surface area contributed by atoms with Gasteiger partial charge in [-0.3, -0.25) is 9.59 Å². The van der Waals surface area contributed by atoms with Gasteiger partial charge in [0.15, 0.2) is 0 Å². The fourth-order valence-corrected chi connectivity index (χ4v) is 1.57. The van der Waals surface area contributed by atoms with E-state index in [1.165, 1.54) is 7.11 Å². The van der Waals surface area contributed by atoms with Crippen molar-refractivity contribution in [1.82, 2.24) is 5.32 Å². The van der Waals surface area contributed by atoms with Crippen molar-refractivity contribution < 1.29 is 19.4 Å². The molecule has 0 spiro atoms. The molecule has 0 saturated heterocycles. The Morgan fingerprint density at radius 2 is 2.16 bits per heavy atom. The molecule has 1 atom stereocenters. The van der Waals surface area contributed by atoms with Gasteiger partial charge in [-0.2, -0.15) is 0 Å². The van der Waals surface area contributed by atoms with Crippen molar-refractivity contribution >= 4 is 17.6 Å². The molecule has 0 radical (unpaired) electrons. The van der Waals surface area contributed by atoms with Gasteiger partial charge in [-0.05, 0) is 31.5 Å². The predicted molar refractivity (Wildman–Crippen MR) is 71.2 cm³/mol. The first-order valence-corrected chi connectivity index (χ1v) is 5.90.